The van der Waals surface area contributed by atoms with Crippen LogP contribution in [0.4, 0.5) is 0 Å². The molecule has 0 aliphatic carbocycles. The van der Waals surface area contributed by atoms with Crippen molar-refractivity contribution in [3.8, 4) is 5.75 Å². The third kappa shape index (κ3) is 7.54. The lowest BCUT2D eigenvalue weighted by atomic mass is 10.0. The SMILES string of the molecule is CCCCCCCCc1cccc(OC(C)(C)C(=O)OCC)c1. The molecule has 0 radical (unpaired) electrons. The third-order valence-corrected chi connectivity index (χ3v) is 3.86. The summed E-state index contributed by atoms with van der Waals surface area (Å²) in [5, 5.41) is 0. The Morgan fingerprint density at radius 3 is 2.43 bits per heavy atom. The smallest absolute Gasteiger partial charge is 0.349 e. The quantitative estimate of drug-likeness (QED) is 0.409. The first-order valence-electron chi connectivity index (χ1n) is 8.94. The highest BCUT2D eigenvalue weighted by Gasteiger charge is 2.31. The number of hydrogen-bond donors (Lipinski definition) is 0. The summed E-state index contributed by atoms with van der Waals surface area (Å²) in [4.78, 5) is 11.9. The summed E-state index contributed by atoms with van der Waals surface area (Å²) >= 11 is 0. The van der Waals surface area contributed by atoms with E-state index in [4.69, 9.17) is 9.47 Å². The topological polar surface area (TPSA) is 35.5 Å². The van der Waals surface area contributed by atoms with E-state index in [1.807, 2.05) is 18.2 Å². The van der Waals surface area contributed by atoms with E-state index in [9.17, 15) is 4.79 Å². The molecule has 23 heavy (non-hydrogen) atoms. The second kappa shape index (κ2) is 10.3. The standard InChI is InChI=1S/C20H32O3/c1-5-7-8-9-10-11-13-17-14-12-15-18(16-17)23-20(3,4)19(21)22-6-2/h12,14-16H,5-11,13H2,1-4H3. The van der Waals surface area contributed by atoms with Crippen molar-refractivity contribution in [3.05, 3.63) is 29.8 Å². The van der Waals surface area contributed by atoms with Crippen molar-refractivity contribution in [3.63, 3.8) is 0 Å². The van der Waals surface area contributed by atoms with Gasteiger partial charge in [-0.05, 0) is 51.3 Å². The Balaban J connectivity index is 2.48. The van der Waals surface area contributed by atoms with Gasteiger partial charge in [0.05, 0.1) is 6.61 Å². The number of rotatable bonds is 11. The second-order valence-corrected chi connectivity index (χ2v) is 6.50. The Labute approximate surface area is 141 Å². The van der Waals surface area contributed by atoms with Gasteiger partial charge in [-0.3, -0.25) is 0 Å². The summed E-state index contributed by atoms with van der Waals surface area (Å²) in [5.74, 6) is 0.396. The van der Waals surface area contributed by atoms with Crippen LogP contribution in [0.2, 0.25) is 0 Å². The number of esters is 1. The highest BCUT2D eigenvalue weighted by Crippen LogP contribution is 2.22. The van der Waals surface area contributed by atoms with E-state index in [0.29, 0.717) is 6.61 Å². The highest BCUT2D eigenvalue weighted by atomic mass is 16.6. The molecule has 0 saturated heterocycles. The van der Waals surface area contributed by atoms with Gasteiger partial charge < -0.3 is 9.47 Å². The maximum absolute atomic E-state index is 11.9. The summed E-state index contributed by atoms with van der Waals surface area (Å²) in [7, 11) is 0. The van der Waals surface area contributed by atoms with Crippen LogP contribution in [0, 0.1) is 0 Å². The number of ether oxygens (including phenoxy) is 2. The Bertz CT molecular complexity index is 466. The molecule has 1 aromatic rings. The van der Waals surface area contributed by atoms with Crippen LogP contribution >= 0.6 is 0 Å². The van der Waals surface area contributed by atoms with Gasteiger partial charge in [0.1, 0.15) is 5.75 Å². The molecule has 3 heteroatoms. The zero-order valence-corrected chi connectivity index (χ0v) is 15.2. The minimum Gasteiger partial charge on any atom is -0.476 e. The maximum Gasteiger partial charge on any atom is 0.349 e. The van der Waals surface area contributed by atoms with E-state index in [0.717, 1.165) is 12.2 Å². The van der Waals surface area contributed by atoms with E-state index >= 15 is 0 Å². The summed E-state index contributed by atoms with van der Waals surface area (Å²) < 4.78 is 10.9. The maximum atomic E-state index is 11.9. The molecule has 0 aliphatic heterocycles. The summed E-state index contributed by atoms with van der Waals surface area (Å²) in [6.45, 7) is 7.89. The van der Waals surface area contributed by atoms with Gasteiger partial charge in [-0.15, -0.1) is 0 Å². The zero-order valence-electron chi connectivity index (χ0n) is 15.2. The Morgan fingerprint density at radius 1 is 1.04 bits per heavy atom. The highest BCUT2D eigenvalue weighted by molar-refractivity contribution is 5.79. The van der Waals surface area contributed by atoms with E-state index in [2.05, 4.69) is 13.0 Å². The van der Waals surface area contributed by atoms with Crippen LogP contribution in [-0.2, 0) is 16.0 Å². The summed E-state index contributed by atoms with van der Waals surface area (Å²) in [5.41, 5.74) is 0.298. The first-order valence-corrected chi connectivity index (χ1v) is 8.94. The van der Waals surface area contributed by atoms with Crippen LogP contribution in [-0.4, -0.2) is 18.2 Å². The van der Waals surface area contributed by atoms with Crippen LogP contribution < -0.4 is 4.74 Å². The number of carbonyl (C=O) groups is 1. The predicted molar refractivity (Wildman–Crippen MR) is 94.9 cm³/mol. The third-order valence-electron chi connectivity index (χ3n) is 3.86. The van der Waals surface area contributed by atoms with E-state index in [1.165, 1.54) is 44.1 Å². The fraction of sp³-hybridized carbons (Fsp3) is 0.650. The molecule has 3 nitrogen and oxygen atoms in total. The fourth-order valence-corrected chi connectivity index (χ4v) is 2.52. The molecule has 0 spiro atoms. The van der Waals surface area contributed by atoms with Gasteiger partial charge in [0.2, 0.25) is 0 Å². The average molecular weight is 320 g/mol. The molecule has 0 N–H and O–H groups in total. The van der Waals surface area contributed by atoms with Gasteiger partial charge in [-0.2, -0.15) is 0 Å². The first kappa shape index (κ1) is 19.5. The lowest BCUT2D eigenvalue weighted by Gasteiger charge is -2.24. The molecule has 0 heterocycles. The summed E-state index contributed by atoms with van der Waals surface area (Å²) in [6, 6.07) is 8.04. The molecule has 0 atom stereocenters. The summed E-state index contributed by atoms with van der Waals surface area (Å²) in [6.07, 6.45) is 8.83. The number of carbonyl (C=O) groups excluding carboxylic acids is 1. The molecule has 0 amide bonds. The van der Waals surface area contributed by atoms with Crippen molar-refractivity contribution in [1.82, 2.24) is 0 Å². The normalized spacial score (nSPS) is 11.3. The lowest BCUT2D eigenvalue weighted by molar-refractivity contribution is -0.158. The van der Waals surface area contributed by atoms with Gasteiger partial charge in [0.15, 0.2) is 5.60 Å². The van der Waals surface area contributed by atoms with E-state index in [-0.39, 0.29) is 5.97 Å². The van der Waals surface area contributed by atoms with Crippen molar-refractivity contribution >= 4 is 5.97 Å². The van der Waals surface area contributed by atoms with E-state index in [1.54, 1.807) is 20.8 Å². The Morgan fingerprint density at radius 2 is 1.74 bits per heavy atom. The van der Waals surface area contributed by atoms with Crippen LogP contribution in [0.15, 0.2) is 24.3 Å². The van der Waals surface area contributed by atoms with Gasteiger partial charge >= 0.3 is 5.97 Å². The zero-order chi connectivity index (χ0) is 17.1. The first-order chi connectivity index (χ1) is 11.0. The van der Waals surface area contributed by atoms with Crippen molar-refractivity contribution in [2.24, 2.45) is 0 Å². The average Bonchev–Trinajstić information content (AvgIpc) is 2.51. The molecule has 0 aliphatic rings. The second-order valence-electron chi connectivity index (χ2n) is 6.50. The predicted octanol–water partition coefficient (Wildman–Crippen LogP) is 5.31. The Kier molecular flexibility index (Phi) is 8.75. The molecule has 0 fully saturated rings. The van der Waals surface area contributed by atoms with Crippen molar-refractivity contribution < 1.29 is 14.3 Å². The number of hydrogen-bond acceptors (Lipinski definition) is 3. The van der Waals surface area contributed by atoms with Crippen LogP contribution in [0.1, 0.15) is 71.8 Å². The van der Waals surface area contributed by atoms with Crippen molar-refractivity contribution in [1.29, 1.82) is 0 Å². The molecule has 0 bridgehead atoms. The fourth-order valence-electron chi connectivity index (χ4n) is 2.52. The van der Waals surface area contributed by atoms with Gasteiger partial charge in [-0.25, -0.2) is 4.79 Å². The monoisotopic (exact) mass is 320 g/mol. The number of unbranched alkanes of at least 4 members (excludes halogenated alkanes) is 5. The van der Waals surface area contributed by atoms with Gasteiger partial charge in [0.25, 0.3) is 0 Å². The molecule has 0 unspecified atom stereocenters. The van der Waals surface area contributed by atoms with Gasteiger partial charge in [-0.1, -0.05) is 51.2 Å². The molecule has 0 aromatic heterocycles. The molecular weight excluding hydrogens is 288 g/mol. The van der Waals surface area contributed by atoms with Gasteiger partial charge in [0, 0.05) is 0 Å². The largest absolute Gasteiger partial charge is 0.476 e. The molecule has 0 saturated carbocycles. The molecular formula is C20H32O3. The Hall–Kier alpha value is -1.51. The van der Waals surface area contributed by atoms with Crippen LogP contribution in [0.5, 0.6) is 5.75 Å². The molecule has 1 rings (SSSR count). The number of benzene rings is 1. The van der Waals surface area contributed by atoms with E-state index < -0.39 is 5.60 Å². The van der Waals surface area contributed by atoms with Crippen molar-refractivity contribution in [2.45, 2.75) is 78.2 Å². The minimum absolute atomic E-state index is 0.332. The van der Waals surface area contributed by atoms with Crippen LogP contribution in [0.3, 0.4) is 0 Å². The van der Waals surface area contributed by atoms with Crippen molar-refractivity contribution in [2.75, 3.05) is 6.61 Å². The molecule has 1 aromatic carbocycles. The number of aryl methyl sites for hydroxylation is 1. The molecule has 130 valence electrons. The minimum atomic E-state index is -0.964. The lowest BCUT2D eigenvalue weighted by Crippen LogP contribution is -2.39. The van der Waals surface area contributed by atoms with Crippen LogP contribution in [0.25, 0.3) is 0 Å².